The van der Waals surface area contributed by atoms with Gasteiger partial charge in [0.2, 0.25) is 5.91 Å². The number of carbonyl (C=O) groups excluding carboxylic acids is 2. The number of para-hydroxylation sites is 2. The lowest BCUT2D eigenvalue weighted by Crippen LogP contribution is -2.38. The zero-order valence-electron chi connectivity index (χ0n) is 19.8. The van der Waals surface area contributed by atoms with Gasteiger partial charge in [0.05, 0.1) is 34.8 Å². The number of primary amides is 1. The zero-order valence-corrected chi connectivity index (χ0v) is 19.8. The van der Waals surface area contributed by atoms with Crippen LogP contribution in [0, 0.1) is 5.92 Å². The summed E-state index contributed by atoms with van der Waals surface area (Å²) in [4.78, 5) is 32.1. The number of fused-ring (bicyclic) bond motifs is 1. The van der Waals surface area contributed by atoms with Crippen LogP contribution in [0.5, 0.6) is 0 Å². The molecule has 0 bridgehead atoms. The topological polar surface area (TPSA) is 119 Å². The Morgan fingerprint density at radius 3 is 2.60 bits per heavy atom. The third kappa shape index (κ3) is 4.37. The van der Waals surface area contributed by atoms with Gasteiger partial charge in [0.25, 0.3) is 5.91 Å². The maximum Gasteiger partial charge on any atom is 0.256 e. The summed E-state index contributed by atoms with van der Waals surface area (Å²) in [5, 5.41) is 8.24. The van der Waals surface area contributed by atoms with Crippen molar-refractivity contribution >= 4 is 34.2 Å². The summed E-state index contributed by atoms with van der Waals surface area (Å²) in [6.07, 6.45) is 4.66. The van der Waals surface area contributed by atoms with Crippen molar-refractivity contribution in [3.63, 3.8) is 0 Å². The van der Waals surface area contributed by atoms with Crippen LogP contribution >= 0.6 is 0 Å². The molecule has 4 aromatic rings. The van der Waals surface area contributed by atoms with Crippen LogP contribution in [-0.4, -0.2) is 39.7 Å². The number of furan rings is 1. The van der Waals surface area contributed by atoms with E-state index in [-0.39, 0.29) is 23.8 Å². The Labute approximate surface area is 202 Å². The monoisotopic (exact) mass is 472 g/mol. The first kappa shape index (κ1) is 22.6. The molecule has 0 unspecified atom stereocenters. The standard InChI is InChI=1S/C26H28N6O3/c1-16(2)32-25-19(15-28-32)18(14-21(29-25)23-8-5-13-35-23)26(34)30-20-6-3-4-7-22(20)31-11-9-17(10-12-31)24(27)33/h3-8,13-17H,9-12H2,1-2H3,(H2,27,33)(H,30,34). The number of anilines is 2. The lowest BCUT2D eigenvalue weighted by molar-refractivity contribution is -0.122. The minimum absolute atomic E-state index is 0.0758. The second kappa shape index (κ2) is 9.25. The fourth-order valence-electron chi connectivity index (χ4n) is 4.58. The van der Waals surface area contributed by atoms with Crippen molar-refractivity contribution < 1.29 is 14.0 Å². The maximum absolute atomic E-state index is 13.6. The van der Waals surface area contributed by atoms with E-state index in [1.807, 2.05) is 44.2 Å². The van der Waals surface area contributed by atoms with Crippen molar-refractivity contribution in [2.24, 2.45) is 11.7 Å². The molecule has 5 rings (SSSR count). The SMILES string of the molecule is CC(C)n1ncc2c(C(=O)Nc3ccccc3N3CCC(C(N)=O)CC3)cc(-c3ccco3)nc21. The molecule has 180 valence electrons. The first-order chi connectivity index (χ1) is 16.9. The number of nitrogens with one attached hydrogen (secondary N) is 1. The lowest BCUT2D eigenvalue weighted by Gasteiger charge is -2.33. The highest BCUT2D eigenvalue weighted by atomic mass is 16.3. The number of hydrogen-bond acceptors (Lipinski definition) is 6. The van der Waals surface area contributed by atoms with Crippen molar-refractivity contribution in [1.29, 1.82) is 0 Å². The van der Waals surface area contributed by atoms with Gasteiger partial charge in [-0.15, -0.1) is 0 Å². The normalized spacial score (nSPS) is 14.5. The van der Waals surface area contributed by atoms with Gasteiger partial charge in [0.15, 0.2) is 11.4 Å². The molecular weight excluding hydrogens is 444 g/mol. The van der Waals surface area contributed by atoms with Gasteiger partial charge in [-0.25, -0.2) is 9.67 Å². The number of hydrogen-bond donors (Lipinski definition) is 2. The van der Waals surface area contributed by atoms with Gasteiger partial charge >= 0.3 is 0 Å². The van der Waals surface area contributed by atoms with E-state index in [1.54, 1.807) is 29.3 Å². The van der Waals surface area contributed by atoms with Gasteiger partial charge in [0, 0.05) is 25.0 Å². The van der Waals surface area contributed by atoms with Crippen LogP contribution in [0.1, 0.15) is 43.1 Å². The molecule has 1 aliphatic rings. The molecule has 0 atom stereocenters. The van der Waals surface area contributed by atoms with Crippen LogP contribution in [0.15, 0.2) is 59.3 Å². The Hall–Kier alpha value is -4.14. The van der Waals surface area contributed by atoms with E-state index < -0.39 is 0 Å². The molecule has 1 aliphatic heterocycles. The van der Waals surface area contributed by atoms with Crippen LogP contribution in [0.3, 0.4) is 0 Å². The van der Waals surface area contributed by atoms with E-state index in [4.69, 9.17) is 15.1 Å². The van der Waals surface area contributed by atoms with Crippen LogP contribution in [0.4, 0.5) is 11.4 Å². The number of amides is 2. The zero-order chi connectivity index (χ0) is 24.5. The Morgan fingerprint density at radius 1 is 1.14 bits per heavy atom. The van der Waals surface area contributed by atoms with Gasteiger partial charge < -0.3 is 20.4 Å². The molecule has 4 heterocycles. The summed E-state index contributed by atoms with van der Waals surface area (Å²) in [7, 11) is 0. The first-order valence-corrected chi connectivity index (χ1v) is 11.8. The molecule has 9 heteroatoms. The van der Waals surface area contributed by atoms with Crippen LogP contribution in [0.25, 0.3) is 22.5 Å². The number of pyridine rings is 1. The molecule has 9 nitrogen and oxygen atoms in total. The van der Waals surface area contributed by atoms with Crippen LogP contribution in [-0.2, 0) is 4.79 Å². The highest BCUT2D eigenvalue weighted by molar-refractivity contribution is 6.13. The number of aromatic nitrogens is 3. The summed E-state index contributed by atoms with van der Waals surface area (Å²) < 4.78 is 7.36. The second-order valence-corrected chi connectivity index (χ2v) is 9.09. The van der Waals surface area contributed by atoms with Crippen molar-refractivity contribution in [3.05, 3.63) is 60.5 Å². The van der Waals surface area contributed by atoms with E-state index in [0.29, 0.717) is 59.7 Å². The fourth-order valence-corrected chi connectivity index (χ4v) is 4.58. The average molecular weight is 473 g/mol. The highest BCUT2D eigenvalue weighted by Crippen LogP contribution is 2.32. The molecule has 35 heavy (non-hydrogen) atoms. The number of carbonyl (C=O) groups is 2. The fraction of sp³-hybridized carbons (Fsp3) is 0.308. The van der Waals surface area contributed by atoms with Crippen LogP contribution in [0.2, 0.25) is 0 Å². The van der Waals surface area contributed by atoms with E-state index >= 15 is 0 Å². The van der Waals surface area contributed by atoms with Crippen molar-refractivity contribution in [2.45, 2.75) is 32.7 Å². The second-order valence-electron chi connectivity index (χ2n) is 9.09. The van der Waals surface area contributed by atoms with Gasteiger partial charge in [-0.1, -0.05) is 12.1 Å². The van der Waals surface area contributed by atoms with Crippen LogP contribution < -0.4 is 16.0 Å². The molecular formula is C26H28N6O3. The molecule has 0 radical (unpaired) electrons. The molecule has 2 amide bonds. The Morgan fingerprint density at radius 2 is 1.91 bits per heavy atom. The molecule has 1 aromatic carbocycles. The third-order valence-electron chi connectivity index (χ3n) is 6.46. The molecule has 3 aromatic heterocycles. The molecule has 1 saturated heterocycles. The summed E-state index contributed by atoms with van der Waals surface area (Å²) in [5.74, 6) is -0.0268. The largest absolute Gasteiger partial charge is 0.463 e. The summed E-state index contributed by atoms with van der Waals surface area (Å²) in [6.45, 7) is 5.43. The smallest absolute Gasteiger partial charge is 0.256 e. The molecule has 0 aliphatic carbocycles. The predicted molar refractivity (Wildman–Crippen MR) is 134 cm³/mol. The molecule has 0 spiro atoms. The van der Waals surface area contributed by atoms with Crippen molar-refractivity contribution in [3.8, 4) is 11.5 Å². The minimum atomic E-state index is -0.256. The molecule has 1 fully saturated rings. The van der Waals surface area contributed by atoms with Gasteiger partial charge in [-0.2, -0.15) is 5.10 Å². The molecule has 3 N–H and O–H groups in total. The van der Waals surface area contributed by atoms with E-state index in [2.05, 4.69) is 15.3 Å². The predicted octanol–water partition coefficient (Wildman–Crippen LogP) is 4.23. The Kier molecular flexibility index (Phi) is 5.98. The summed E-state index contributed by atoms with van der Waals surface area (Å²) in [6, 6.07) is 13.1. The number of nitrogens with two attached hydrogens (primary N) is 1. The van der Waals surface area contributed by atoms with E-state index in [0.717, 1.165) is 5.69 Å². The lowest BCUT2D eigenvalue weighted by atomic mass is 9.96. The van der Waals surface area contributed by atoms with E-state index in [9.17, 15) is 9.59 Å². The number of benzene rings is 1. The van der Waals surface area contributed by atoms with Gasteiger partial charge in [-0.3, -0.25) is 9.59 Å². The van der Waals surface area contributed by atoms with Gasteiger partial charge in [-0.05, 0) is 57.0 Å². The number of piperidine rings is 1. The highest BCUT2D eigenvalue weighted by Gasteiger charge is 2.25. The maximum atomic E-state index is 13.6. The third-order valence-corrected chi connectivity index (χ3v) is 6.46. The van der Waals surface area contributed by atoms with Gasteiger partial charge in [0.1, 0.15) is 5.69 Å². The quantitative estimate of drug-likeness (QED) is 0.433. The minimum Gasteiger partial charge on any atom is -0.463 e. The number of rotatable bonds is 6. The summed E-state index contributed by atoms with van der Waals surface area (Å²) >= 11 is 0. The van der Waals surface area contributed by atoms with E-state index in [1.165, 1.54) is 0 Å². The Bertz CT molecular complexity index is 1370. The Balaban J connectivity index is 1.49. The van der Waals surface area contributed by atoms with Crippen molar-refractivity contribution in [1.82, 2.24) is 14.8 Å². The molecule has 0 saturated carbocycles. The number of nitrogens with zero attached hydrogens (tertiary/aromatic N) is 4. The van der Waals surface area contributed by atoms with Crippen molar-refractivity contribution in [2.75, 3.05) is 23.3 Å². The summed E-state index contributed by atoms with van der Waals surface area (Å²) in [5.41, 5.74) is 8.77. The first-order valence-electron chi connectivity index (χ1n) is 11.8. The average Bonchev–Trinajstić information content (AvgIpc) is 3.54.